The molecule has 1 unspecified atom stereocenters. The third-order valence-corrected chi connectivity index (χ3v) is 8.13. The normalized spacial score (nSPS) is 16.1. The molecular weight excluding hydrogens is 539 g/mol. The Morgan fingerprint density at radius 2 is 1.68 bits per heavy atom. The first-order valence-corrected chi connectivity index (χ1v) is 16.4. The second-order valence-corrected chi connectivity index (χ2v) is 16.1. The van der Waals surface area contributed by atoms with Crippen molar-refractivity contribution in [3.05, 3.63) is 87.9 Å². The standard InChI is InChI=1S/C29H32F3N3O4Si/c1-6-38-28(37)25-24(20-12-10-19(17-33)11-13-20)23(27(36)39-14-15-40(3,4)5)18(2)35(26(25)34)22-9-7-8-21(16-22)29(30,31)32/h7-13,16,24H,6,14-15,34H2,1-5H3. The van der Waals surface area contributed by atoms with Gasteiger partial charge in [0, 0.05) is 19.5 Å². The van der Waals surface area contributed by atoms with E-state index in [1.165, 1.54) is 29.2 Å². The number of carbonyl (C=O) groups excluding carboxylic acids is 2. The molecule has 0 amide bonds. The highest BCUT2D eigenvalue weighted by molar-refractivity contribution is 6.76. The number of hydrogen-bond acceptors (Lipinski definition) is 7. The summed E-state index contributed by atoms with van der Waals surface area (Å²) in [6.45, 7) is 9.67. The fourth-order valence-corrected chi connectivity index (χ4v) is 5.10. The Bertz CT molecular complexity index is 1390. The Morgan fingerprint density at radius 1 is 1.05 bits per heavy atom. The molecule has 0 aliphatic carbocycles. The average molecular weight is 572 g/mol. The summed E-state index contributed by atoms with van der Waals surface area (Å²) in [4.78, 5) is 28.3. The molecule has 1 heterocycles. The lowest BCUT2D eigenvalue weighted by Gasteiger charge is -2.37. The van der Waals surface area contributed by atoms with Gasteiger partial charge in [-0.15, -0.1) is 0 Å². The van der Waals surface area contributed by atoms with Crippen molar-refractivity contribution in [2.45, 2.75) is 51.6 Å². The lowest BCUT2D eigenvalue weighted by atomic mass is 9.80. The number of ether oxygens (including phenoxy) is 2. The van der Waals surface area contributed by atoms with Crippen molar-refractivity contribution in [3.63, 3.8) is 0 Å². The molecule has 2 N–H and O–H groups in total. The van der Waals surface area contributed by atoms with E-state index in [1.54, 1.807) is 26.0 Å². The SMILES string of the molecule is CCOC(=O)C1=C(N)N(c2cccc(C(F)(F)F)c2)C(C)=C(C(=O)OCC[Si](C)(C)C)C1c1ccc(C#N)cc1. The molecule has 2 aromatic rings. The maximum Gasteiger partial charge on any atom is 0.416 e. The van der Waals surface area contributed by atoms with E-state index >= 15 is 0 Å². The predicted molar refractivity (Wildman–Crippen MR) is 147 cm³/mol. The number of anilines is 1. The van der Waals surface area contributed by atoms with Crippen molar-refractivity contribution in [3.8, 4) is 6.07 Å². The maximum absolute atomic E-state index is 13.7. The predicted octanol–water partition coefficient (Wildman–Crippen LogP) is 6.07. The van der Waals surface area contributed by atoms with Crippen LogP contribution in [0.25, 0.3) is 0 Å². The second kappa shape index (κ2) is 12.0. The molecule has 212 valence electrons. The van der Waals surface area contributed by atoms with E-state index in [1.807, 2.05) is 6.07 Å². The number of benzene rings is 2. The van der Waals surface area contributed by atoms with Crippen molar-refractivity contribution in [2.24, 2.45) is 5.73 Å². The number of nitrogens with zero attached hydrogens (tertiary/aromatic N) is 2. The molecule has 0 saturated carbocycles. The first-order chi connectivity index (χ1) is 18.7. The molecule has 3 rings (SSSR count). The van der Waals surface area contributed by atoms with Crippen LogP contribution in [0, 0.1) is 11.3 Å². The van der Waals surface area contributed by atoms with Gasteiger partial charge < -0.3 is 20.1 Å². The zero-order chi connectivity index (χ0) is 29.8. The Morgan fingerprint density at radius 3 is 2.23 bits per heavy atom. The molecule has 0 bridgehead atoms. The van der Waals surface area contributed by atoms with Crippen LogP contribution in [0.2, 0.25) is 25.7 Å². The van der Waals surface area contributed by atoms with Crippen LogP contribution in [-0.4, -0.2) is 33.2 Å². The van der Waals surface area contributed by atoms with Gasteiger partial charge in [-0.2, -0.15) is 18.4 Å². The van der Waals surface area contributed by atoms with Crippen LogP contribution in [0.5, 0.6) is 0 Å². The minimum absolute atomic E-state index is 0.00203. The number of carbonyl (C=O) groups is 2. The summed E-state index contributed by atoms with van der Waals surface area (Å²) in [6.07, 6.45) is -4.63. The van der Waals surface area contributed by atoms with E-state index < -0.39 is 37.7 Å². The Balaban J connectivity index is 2.28. The first kappa shape index (κ1) is 30.5. The van der Waals surface area contributed by atoms with Gasteiger partial charge in [0.05, 0.1) is 47.5 Å². The van der Waals surface area contributed by atoms with E-state index in [4.69, 9.17) is 15.2 Å². The van der Waals surface area contributed by atoms with Crippen LogP contribution in [0.1, 0.15) is 36.5 Å². The molecule has 0 radical (unpaired) electrons. The molecule has 40 heavy (non-hydrogen) atoms. The van der Waals surface area contributed by atoms with Crippen LogP contribution in [0.3, 0.4) is 0 Å². The molecule has 1 aliphatic rings. The molecule has 11 heteroatoms. The maximum atomic E-state index is 13.7. The molecular formula is C29H32F3N3O4Si. The molecule has 0 aromatic heterocycles. The van der Waals surface area contributed by atoms with Gasteiger partial charge in [0.15, 0.2) is 0 Å². The summed E-state index contributed by atoms with van der Waals surface area (Å²) in [5, 5.41) is 9.26. The lowest BCUT2D eigenvalue weighted by molar-refractivity contribution is -0.140. The van der Waals surface area contributed by atoms with Crippen molar-refractivity contribution in [1.29, 1.82) is 5.26 Å². The van der Waals surface area contributed by atoms with E-state index in [0.717, 1.165) is 12.1 Å². The molecule has 0 fully saturated rings. The molecule has 7 nitrogen and oxygen atoms in total. The molecule has 0 spiro atoms. The fraction of sp³-hybridized carbons (Fsp3) is 0.345. The number of esters is 2. The van der Waals surface area contributed by atoms with Crippen LogP contribution >= 0.6 is 0 Å². The van der Waals surface area contributed by atoms with Crippen molar-refractivity contribution < 1.29 is 32.2 Å². The van der Waals surface area contributed by atoms with Gasteiger partial charge in [-0.05, 0) is 55.8 Å². The van der Waals surface area contributed by atoms with E-state index in [-0.39, 0.29) is 41.6 Å². The summed E-state index contributed by atoms with van der Waals surface area (Å²) >= 11 is 0. The summed E-state index contributed by atoms with van der Waals surface area (Å²) in [5.74, 6) is -2.78. The van der Waals surface area contributed by atoms with E-state index in [0.29, 0.717) is 17.2 Å². The topological polar surface area (TPSA) is 106 Å². The van der Waals surface area contributed by atoms with E-state index in [2.05, 4.69) is 19.6 Å². The largest absolute Gasteiger partial charge is 0.463 e. The third kappa shape index (κ3) is 6.74. The minimum Gasteiger partial charge on any atom is -0.463 e. The quantitative estimate of drug-likeness (QED) is 0.303. The van der Waals surface area contributed by atoms with Crippen LogP contribution < -0.4 is 10.6 Å². The average Bonchev–Trinajstić information content (AvgIpc) is 2.87. The minimum atomic E-state index is -4.63. The highest BCUT2D eigenvalue weighted by atomic mass is 28.3. The second-order valence-electron chi connectivity index (χ2n) is 10.5. The molecule has 2 aromatic carbocycles. The highest BCUT2D eigenvalue weighted by Crippen LogP contribution is 2.44. The van der Waals surface area contributed by atoms with Crippen molar-refractivity contribution in [1.82, 2.24) is 0 Å². The molecule has 0 saturated heterocycles. The third-order valence-electron chi connectivity index (χ3n) is 6.42. The Labute approximate surface area is 232 Å². The van der Waals surface area contributed by atoms with Crippen LogP contribution in [0.4, 0.5) is 18.9 Å². The van der Waals surface area contributed by atoms with Crippen molar-refractivity contribution >= 4 is 25.7 Å². The number of nitrogens with two attached hydrogens (primary N) is 1. The number of rotatable bonds is 8. The summed E-state index contributed by atoms with van der Waals surface area (Å²) in [7, 11) is -1.57. The van der Waals surface area contributed by atoms with Gasteiger partial charge in [-0.3, -0.25) is 0 Å². The van der Waals surface area contributed by atoms with Gasteiger partial charge in [0.2, 0.25) is 0 Å². The number of nitriles is 1. The molecule has 1 atom stereocenters. The number of halogens is 3. The smallest absolute Gasteiger partial charge is 0.416 e. The Hall–Kier alpha value is -4.04. The lowest BCUT2D eigenvalue weighted by Crippen LogP contribution is -2.39. The summed E-state index contributed by atoms with van der Waals surface area (Å²) in [6, 6.07) is 13.4. The zero-order valence-corrected chi connectivity index (χ0v) is 24.1. The van der Waals surface area contributed by atoms with Crippen LogP contribution in [-0.2, 0) is 25.2 Å². The summed E-state index contributed by atoms with van der Waals surface area (Å²) in [5.41, 5.74) is 6.57. The highest BCUT2D eigenvalue weighted by Gasteiger charge is 2.42. The van der Waals surface area contributed by atoms with Gasteiger partial charge in [0.1, 0.15) is 5.82 Å². The van der Waals surface area contributed by atoms with Gasteiger partial charge in [0.25, 0.3) is 0 Å². The first-order valence-electron chi connectivity index (χ1n) is 12.7. The number of allylic oxidation sites excluding steroid dienone is 1. The van der Waals surface area contributed by atoms with Crippen molar-refractivity contribution in [2.75, 3.05) is 18.1 Å². The van der Waals surface area contributed by atoms with Gasteiger partial charge >= 0.3 is 18.1 Å². The molecule has 1 aliphatic heterocycles. The fourth-order valence-electron chi connectivity index (χ4n) is 4.38. The number of alkyl halides is 3. The monoisotopic (exact) mass is 571 g/mol. The van der Waals surface area contributed by atoms with Gasteiger partial charge in [-0.1, -0.05) is 37.8 Å². The summed E-state index contributed by atoms with van der Waals surface area (Å²) < 4.78 is 51.7. The number of hydrogen-bond donors (Lipinski definition) is 1. The Kier molecular flexibility index (Phi) is 9.15. The van der Waals surface area contributed by atoms with E-state index in [9.17, 15) is 28.0 Å². The van der Waals surface area contributed by atoms with Gasteiger partial charge in [-0.25, -0.2) is 9.59 Å². The van der Waals surface area contributed by atoms with Crippen LogP contribution in [0.15, 0.2) is 71.2 Å². The zero-order valence-electron chi connectivity index (χ0n) is 23.1.